The largest absolute Gasteiger partial charge is 0.459 e. The van der Waals surface area contributed by atoms with Crippen molar-refractivity contribution in [2.45, 2.75) is 39.8 Å². The van der Waals surface area contributed by atoms with Crippen molar-refractivity contribution in [1.82, 2.24) is 15.6 Å². The number of guanidine groups is 1. The monoisotopic (exact) mass is 484 g/mol. The van der Waals surface area contributed by atoms with Crippen LogP contribution in [0.25, 0.3) is 11.0 Å². The van der Waals surface area contributed by atoms with Crippen LogP contribution in [-0.2, 0) is 13.0 Å². The van der Waals surface area contributed by atoms with E-state index in [-0.39, 0.29) is 30.0 Å². The molecular formula is C19H25IN4OS. The fourth-order valence-corrected chi connectivity index (χ4v) is 3.33. The molecule has 0 aliphatic rings. The van der Waals surface area contributed by atoms with E-state index in [0.717, 1.165) is 40.7 Å². The number of nitrogens with zero attached hydrogens (tertiary/aromatic N) is 2. The van der Waals surface area contributed by atoms with Crippen molar-refractivity contribution in [1.29, 1.82) is 0 Å². The Bertz CT molecular complexity index is 825. The summed E-state index contributed by atoms with van der Waals surface area (Å²) in [7, 11) is 0. The zero-order valence-electron chi connectivity index (χ0n) is 15.3. The molecule has 0 spiro atoms. The number of nitrogens with one attached hydrogen (secondary N) is 2. The summed E-state index contributed by atoms with van der Waals surface area (Å²) >= 11 is 1.72. The van der Waals surface area contributed by atoms with Crippen molar-refractivity contribution in [3.05, 3.63) is 52.2 Å². The minimum absolute atomic E-state index is 0. The molecular weight excluding hydrogens is 459 g/mol. The van der Waals surface area contributed by atoms with Gasteiger partial charge in [0.05, 0.1) is 12.6 Å². The van der Waals surface area contributed by atoms with Crippen LogP contribution in [-0.4, -0.2) is 17.5 Å². The summed E-state index contributed by atoms with van der Waals surface area (Å²) in [6.45, 7) is 7.65. The predicted octanol–water partition coefficient (Wildman–Crippen LogP) is 4.89. The molecule has 7 heteroatoms. The molecule has 0 saturated heterocycles. The van der Waals surface area contributed by atoms with Crippen LogP contribution in [0.1, 0.15) is 42.5 Å². The molecule has 0 amide bonds. The van der Waals surface area contributed by atoms with Gasteiger partial charge in [-0.1, -0.05) is 25.1 Å². The lowest BCUT2D eigenvalue weighted by Crippen LogP contribution is -2.38. The SMILES string of the molecule is CCNC(=NCc1ncc(CC)s1)NC(C)c1cc2ccccc2o1.I. The number of furan rings is 1. The Morgan fingerprint density at radius 2 is 2.12 bits per heavy atom. The zero-order valence-corrected chi connectivity index (χ0v) is 18.4. The van der Waals surface area contributed by atoms with Crippen LogP contribution in [0.4, 0.5) is 0 Å². The third kappa shape index (κ3) is 5.20. The molecule has 1 atom stereocenters. The fraction of sp³-hybridized carbons (Fsp3) is 0.368. The Balaban J connectivity index is 0.00000243. The van der Waals surface area contributed by atoms with Gasteiger partial charge in [0.25, 0.3) is 0 Å². The first kappa shape index (κ1) is 20.7. The number of para-hydroxylation sites is 1. The maximum absolute atomic E-state index is 5.93. The molecule has 2 heterocycles. The third-order valence-corrected chi connectivity index (χ3v) is 5.02. The average Bonchev–Trinajstić information content (AvgIpc) is 3.26. The van der Waals surface area contributed by atoms with E-state index in [9.17, 15) is 0 Å². The lowest BCUT2D eigenvalue weighted by molar-refractivity contribution is 0.488. The molecule has 1 unspecified atom stereocenters. The lowest BCUT2D eigenvalue weighted by atomic mass is 10.2. The summed E-state index contributed by atoms with van der Waals surface area (Å²) in [4.78, 5) is 10.4. The minimum atomic E-state index is 0. The number of aryl methyl sites for hydroxylation is 1. The minimum Gasteiger partial charge on any atom is -0.459 e. The summed E-state index contributed by atoms with van der Waals surface area (Å²) in [5.41, 5.74) is 0.906. The Hall–Kier alpha value is -1.61. The van der Waals surface area contributed by atoms with Crippen molar-refractivity contribution in [2.75, 3.05) is 6.54 Å². The van der Waals surface area contributed by atoms with Crippen LogP contribution in [0.15, 0.2) is 45.9 Å². The Kier molecular flexibility index (Phi) is 7.89. The molecule has 3 aromatic rings. The highest BCUT2D eigenvalue weighted by Gasteiger charge is 2.13. The van der Waals surface area contributed by atoms with Crippen molar-refractivity contribution in [3.8, 4) is 0 Å². The number of benzene rings is 1. The number of aliphatic imine (C=N–C) groups is 1. The van der Waals surface area contributed by atoms with E-state index in [0.29, 0.717) is 6.54 Å². The van der Waals surface area contributed by atoms with Gasteiger partial charge < -0.3 is 15.1 Å². The van der Waals surface area contributed by atoms with Crippen LogP contribution in [0, 0.1) is 0 Å². The quantitative estimate of drug-likeness (QED) is 0.297. The van der Waals surface area contributed by atoms with Crippen LogP contribution < -0.4 is 10.6 Å². The molecule has 5 nitrogen and oxygen atoms in total. The second kappa shape index (κ2) is 9.91. The van der Waals surface area contributed by atoms with Crippen molar-refractivity contribution >= 4 is 52.2 Å². The van der Waals surface area contributed by atoms with E-state index in [4.69, 9.17) is 4.42 Å². The number of hydrogen-bond donors (Lipinski definition) is 2. The van der Waals surface area contributed by atoms with E-state index in [1.807, 2.05) is 24.4 Å². The van der Waals surface area contributed by atoms with Gasteiger partial charge in [0.2, 0.25) is 0 Å². The molecule has 0 fully saturated rings. The second-order valence-electron chi connectivity index (χ2n) is 5.82. The van der Waals surface area contributed by atoms with E-state index < -0.39 is 0 Å². The molecule has 3 rings (SSSR count). The van der Waals surface area contributed by atoms with Crippen molar-refractivity contribution in [3.63, 3.8) is 0 Å². The molecule has 0 aliphatic heterocycles. The van der Waals surface area contributed by atoms with Gasteiger partial charge in [0, 0.05) is 23.0 Å². The fourth-order valence-electron chi connectivity index (χ4n) is 2.54. The molecule has 2 N–H and O–H groups in total. The van der Waals surface area contributed by atoms with Gasteiger partial charge in [0.15, 0.2) is 5.96 Å². The van der Waals surface area contributed by atoms with Gasteiger partial charge in [-0.05, 0) is 32.4 Å². The van der Waals surface area contributed by atoms with Gasteiger partial charge in [-0.25, -0.2) is 9.98 Å². The van der Waals surface area contributed by atoms with Crippen LogP contribution in [0.5, 0.6) is 0 Å². The third-order valence-electron chi connectivity index (χ3n) is 3.89. The van der Waals surface area contributed by atoms with E-state index in [2.05, 4.69) is 53.5 Å². The van der Waals surface area contributed by atoms with Crippen LogP contribution in [0.2, 0.25) is 0 Å². The van der Waals surface area contributed by atoms with Gasteiger partial charge in [0.1, 0.15) is 16.4 Å². The van der Waals surface area contributed by atoms with E-state index >= 15 is 0 Å². The topological polar surface area (TPSA) is 62.5 Å². The molecule has 0 saturated carbocycles. The number of hydrogen-bond acceptors (Lipinski definition) is 4. The van der Waals surface area contributed by atoms with Gasteiger partial charge in [-0.15, -0.1) is 35.3 Å². The first-order valence-electron chi connectivity index (χ1n) is 8.66. The van der Waals surface area contributed by atoms with Crippen molar-refractivity contribution < 1.29 is 4.42 Å². The predicted molar refractivity (Wildman–Crippen MR) is 119 cm³/mol. The number of aromatic nitrogens is 1. The average molecular weight is 484 g/mol. The Labute approximate surface area is 175 Å². The van der Waals surface area contributed by atoms with Crippen molar-refractivity contribution in [2.24, 2.45) is 4.99 Å². The van der Waals surface area contributed by atoms with Crippen LogP contribution >= 0.6 is 35.3 Å². The van der Waals surface area contributed by atoms with Gasteiger partial charge >= 0.3 is 0 Å². The van der Waals surface area contributed by atoms with Gasteiger partial charge in [-0.3, -0.25) is 0 Å². The Morgan fingerprint density at radius 3 is 2.81 bits per heavy atom. The summed E-state index contributed by atoms with van der Waals surface area (Å²) in [6, 6.07) is 10.1. The summed E-state index contributed by atoms with van der Waals surface area (Å²) in [6.07, 6.45) is 2.95. The molecule has 1 aromatic carbocycles. The number of thiazole rings is 1. The highest BCUT2D eigenvalue weighted by Crippen LogP contribution is 2.23. The normalized spacial score (nSPS) is 12.7. The first-order valence-corrected chi connectivity index (χ1v) is 9.48. The summed E-state index contributed by atoms with van der Waals surface area (Å²) in [5.74, 6) is 1.66. The molecule has 26 heavy (non-hydrogen) atoms. The molecule has 140 valence electrons. The maximum Gasteiger partial charge on any atom is 0.192 e. The summed E-state index contributed by atoms with van der Waals surface area (Å²) < 4.78 is 5.93. The van der Waals surface area contributed by atoms with Crippen LogP contribution in [0.3, 0.4) is 0 Å². The smallest absolute Gasteiger partial charge is 0.192 e. The molecule has 0 aliphatic carbocycles. The molecule has 0 bridgehead atoms. The number of fused-ring (bicyclic) bond motifs is 1. The highest BCUT2D eigenvalue weighted by molar-refractivity contribution is 14.0. The Morgan fingerprint density at radius 1 is 1.31 bits per heavy atom. The number of halogens is 1. The standard InChI is InChI=1S/C19H24N4OS.HI/c1-4-15-11-21-18(25-15)12-22-19(20-5-2)23-13(3)17-10-14-8-6-7-9-16(14)24-17;/h6-11,13H,4-5,12H2,1-3H3,(H2,20,22,23);1H. The number of rotatable bonds is 6. The second-order valence-corrected chi connectivity index (χ2v) is 7.02. The lowest BCUT2D eigenvalue weighted by Gasteiger charge is -2.15. The highest BCUT2D eigenvalue weighted by atomic mass is 127. The van der Waals surface area contributed by atoms with E-state index in [1.165, 1.54) is 4.88 Å². The first-order chi connectivity index (χ1) is 12.2. The zero-order chi connectivity index (χ0) is 17.6. The molecule has 2 aromatic heterocycles. The molecule has 0 radical (unpaired) electrons. The van der Waals surface area contributed by atoms with Gasteiger partial charge in [-0.2, -0.15) is 0 Å². The van der Waals surface area contributed by atoms with E-state index in [1.54, 1.807) is 11.3 Å². The summed E-state index contributed by atoms with van der Waals surface area (Å²) in [5, 5.41) is 8.84. The maximum atomic E-state index is 5.93.